The van der Waals surface area contributed by atoms with Crippen LogP contribution in [-0.4, -0.2) is 0 Å². The molecule has 0 saturated heterocycles. The Labute approximate surface area is 306 Å². The van der Waals surface area contributed by atoms with Gasteiger partial charge in [0.05, 0.1) is 34.1 Å². The number of hydrogen-bond donors (Lipinski definition) is 6. The second-order valence-electron chi connectivity index (χ2n) is 11.6. The molecule has 0 bridgehead atoms. The van der Waals surface area contributed by atoms with E-state index in [1.165, 1.54) is 146 Å². The highest BCUT2D eigenvalue weighted by molar-refractivity contribution is 7.89. The maximum Gasteiger partial charge on any atom is 0.268 e. The number of nitrogens with zero attached hydrogens (tertiary/aromatic N) is 3. The molecule has 1 aliphatic heterocycles. The molecule has 0 spiro atoms. The fraction of sp³-hybridized carbons (Fsp3) is 0. The Balaban J connectivity index is 1.63. The van der Waals surface area contributed by atoms with E-state index in [-0.39, 0.29) is 34.1 Å². The van der Waals surface area contributed by atoms with Crippen molar-refractivity contribution in [3.05, 3.63) is 180 Å². The van der Waals surface area contributed by atoms with Gasteiger partial charge in [0.2, 0.25) is 0 Å². The van der Waals surface area contributed by atoms with Crippen LogP contribution in [0.5, 0.6) is 0 Å². The second kappa shape index (κ2) is 15.4. The van der Waals surface area contributed by atoms with Crippen molar-refractivity contribution >= 4 is 56.6 Å². The van der Waals surface area contributed by atoms with E-state index in [4.69, 9.17) is 13.5 Å². The SMILES string of the molecule is Fc1ccccc1NP1(Nc2ccccc2F)=NP(Nc2ccccc2F)(Nc2ccccc2F)=NP(Nc2ccccc2F)(Nc2ccccc2F)=N1. The highest BCUT2D eigenvalue weighted by Crippen LogP contribution is 2.76. The number of halogens is 6. The molecule has 7 rings (SSSR count). The zero-order valence-corrected chi connectivity index (χ0v) is 30.5. The van der Waals surface area contributed by atoms with Crippen LogP contribution in [0.4, 0.5) is 60.5 Å². The number of hydrogen-bond acceptors (Lipinski definition) is 9. The van der Waals surface area contributed by atoms with Crippen LogP contribution in [0.3, 0.4) is 0 Å². The molecule has 6 N–H and O–H groups in total. The summed E-state index contributed by atoms with van der Waals surface area (Å²) in [7, 11) is -12.6. The van der Waals surface area contributed by atoms with Gasteiger partial charge in [-0.1, -0.05) is 72.8 Å². The molecular formula is C36H30F6N9P3. The van der Waals surface area contributed by atoms with Crippen LogP contribution in [0.1, 0.15) is 0 Å². The Bertz CT molecular complexity index is 2070. The van der Waals surface area contributed by atoms with E-state index in [0.717, 1.165) is 0 Å². The van der Waals surface area contributed by atoms with Gasteiger partial charge in [-0.2, -0.15) is 13.5 Å². The number of para-hydroxylation sites is 6. The maximum absolute atomic E-state index is 15.6. The summed E-state index contributed by atoms with van der Waals surface area (Å²) in [5.41, 5.74) is -0.868. The summed E-state index contributed by atoms with van der Waals surface area (Å²) in [6.45, 7) is 0. The summed E-state index contributed by atoms with van der Waals surface area (Å²) in [6.07, 6.45) is 0. The molecule has 0 atom stereocenters. The van der Waals surface area contributed by atoms with E-state index in [0.29, 0.717) is 0 Å². The number of benzene rings is 6. The fourth-order valence-corrected chi connectivity index (χ4v) is 16.6. The lowest BCUT2D eigenvalue weighted by molar-refractivity contribution is 0.631. The van der Waals surface area contributed by atoms with E-state index >= 15 is 26.3 Å². The van der Waals surface area contributed by atoms with E-state index < -0.39 is 57.4 Å². The molecule has 0 fully saturated rings. The first-order valence-electron chi connectivity index (χ1n) is 16.1. The molecule has 54 heavy (non-hydrogen) atoms. The minimum absolute atomic E-state index is 0.145. The zero-order chi connectivity index (χ0) is 37.8. The van der Waals surface area contributed by atoms with Gasteiger partial charge in [0.15, 0.2) is 0 Å². The standard InChI is InChI=1S/C36H30F6N9P3/c37-25-13-1-7-19-31(25)43-52(44-32-20-8-2-14-26(32)38)49-53(45-33-21-9-3-15-27(33)39,46-34-22-10-4-16-28(34)40)51-54(50-52,47-35-23-11-5-17-29(35)41)48-36-24-12-6-18-30(36)42/h1-24,43-48H. The monoisotopic (exact) mass is 795 g/mol. The first-order chi connectivity index (χ1) is 26.1. The molecule has 0 aliphatic carbocycles. The molecule has 6 aromatic rings. The van der Waals surface area contributed by atoms with Gasteiger partial charge in [0, 0.05) is 0 Å². The van der Waals surface area contributed by atoms with Gasteiger partial charge < -0.3 is 30.5 Å². The largest absolute Gasteiger partial charge is 0.316 e. The molecule has 276 valence electrons. The minimum Gasteiger partial charge on any atom is -0.316 e. The summed E-state index contributed by atoms with van der Waals surface area (Å²) >= 11 is 0. The van der Waals surface area contributed by atoms with Crippen molar-refractivity contribution in [2.24, 2.45) is 13.5 Å². The first kappa shape index (κ1) is 36.7. The molecular weight excluding hydrogens is 765 g/mol. The molecule has 0 radical (unpaired) electrons. The first-order valence-corrected chi connectivity index (χ1v) is 21.2. The molecule has 0 unspecified atom stereocenters. The number of nitrogens with one attached hydrogen (secondary N) is 6. The van der Waals surface area contributed by atoms with Crippen LogP contribution in [0.25, 0.3) is 0 Å². The lowest BCUT2D eigenvalue weighted by Crippen LogP contribution is -2.17. The Morgan fingerprint density at radius 2 is 0.407 bits per heavy atom. The Hall–Kier alpha value is -5.61. The van der Waals surface area contributed by atoms with Crippen LogP contribution >= 0.6 is 22.5 Å². The van der Waals surface area contributed by atoms with E-state index in [2.05, 4.69) is 30.5 Å². The summed E-state index contributed by atoms with van der Waals surface area (Å²) in [6, 6.07) is 33.3. The van der Waals surface area contributed by atoms with Crippen LogP contribution < -0.4 is 30.5 Å². The Kier molecular flexibility index (Phi) is 10.5. The lowest BCUT2D eigenvalue weighted by Gasteiger charge is -2.38. The van der Waals surface area contributed by atoms with E-state index in [1.54, 1.807) is 0 Å². The Morgan fingerprint density at radius 3 is 0.556 bits per heavy atom. The molecule has 6 aromatic carbocycles. The van der Waals surface area contributed by atoms with Gasteiger partial charge in [0.1, 0.15) is 34.9 Å². The van der Waals surface area contributed by atoms with Crippen molar-refractivity contribution in [1.82, 2.24) is 0 Å². The van der Waals surface area contributed by atoms with Gasteiger partial charge in [0.25, 0.3) is 22.5 Å². The summed E-state index contributed by atoms with van der Waals surface area (Å²) in [4.78, 5) is 0. The summed E-state index contributed by atoms with van der Waals surface area (Å²) < 4.78 is 109. The van der Waals surface area contributed by atoms with E-state index in [1.807, 2.05) is 0 Å². The smallest absolute Gasteiger partial charge is 0.268 e. The quantitative estimate of drug-likeness (QED) is 0.0544. The number of anilines is 6. The molecule has 0 saturated carbocycles. The van der Waals surface area contributed by atoms with Gasteiger partial charge in [-0.15, -0.1) is 0 Å². The number of rotatable bonds is 12. The fourth-order valence-electron chi connectivity index (χ4n) is 5.29. The molecule has 1 aliphatic rings. The third kappa shape index (κ3) is 8.14. The molecule has 9 nitrogen and oxygen atoms in total. The van der Waals surface area contributed by atoms with Crippen molar-refractivity contribution in [2.45, 2.75) is 0 Å². The lowest BCUT2D eigenvalue weighted by atomic mass is 10.3. The van der Waals surface area contributed by atoms with Gasteiger partial charge in [-0.3, -0.25) is 0 Å². The predicted octanol–water partition coefficient (Wildman–Crippen LogP) is 13.3. The van der Waals surface area contributed by atoms with Gasteiger partial charge in [-0.05, 0) is 72.8 Å². The topological polar surface area (TPSA) is 109 Å². The van der Waals surface area contributed by atoms with Crippen molar-refractivity contribution < 1.29 is 26.3 Å². The van der Waals surface area contributed by atoms with Crippen molar-refractivity contribution in [3.63, 3.8) is 0 Å². The van der Waals surface area contributed by atoms with Crippen molar-refractivity contribution in [3.8, 4) is 0 Å². The zero-order valence-electron chi connectivity index (χ0n) is 27.8. The average molecular weight is 796 g/mol. The summed E-state index contributed by atoms with van der Waals surface area (Å²) in [5, 5.41) is 18.2. The Morgan fingerprint density at radius 1 is 0.259 bits per heavy atom. The van der Waals surface area contributed by atoms with Crippen molar-refractivity contribution in [2.75, 3.05) is 30.5 Å². The third-order valence-corrected chi connectivity index (χ3v) is 17.2. The van der Waals surface area contributed by atoms with Crippen LogP contribution in [0.2, 0.25) is 0 Å². The normalized spacial score (nSPS) is 15.0. The highest BCUT2D eigenvalue weighted by Gasteiger charge is 2.41. The third-order valence-electron chi connectivity index (χ3n) is 7.68. The highest BCUT2D eigenvalue weighted by atomic mass is 31.3. The average Bonchev–Trinajstić information content (AvgIpc) is 3.14. The minimum atomic E-state index is -4.20. The van der Waals surface area contributed by atoms with Crippen LogP contribution in [0, 0.1) is 34.9 Å². The molecule has 1 heterocycles. The van der Waals surface area contributed by atoms with Crippen LogP contribution in [-0.2, 0) is 0 Å². The molecule has 18 heteroatoms. The van der Waals surface area contributed by atoms with Gasteiger partial charge >= 0.3 is 0 Å². The van der Waals surface area contributed by atoms with Gasteiger partial charge in [-0.25, -0.2) is 26.3 Å². The maximum atomic E-state index is 15.6. The second-order valence-corrected chi connectivity index (χ2v) is 18.7. The van der Waals surface area contributed by atoms with Crippen molar-refractivity contribution in [1.29, 1.82) is 0 Å². The van der Waals surface area contributed by atoms with Crippen LogP contribution in [0.15, 0.2) is 159 Å². The predicted molar refractivity (Wildman–Crippen MR) is 208 cm³/mol. The summed E-state index contributed by atoms with van der Waals surface area (Å²) in [5.74, 6) is -4.49. The molecule has 0 amide bonds. The van der Waals surface area contributed by atoms with E-state index in [9.17, 15) is 0 Å². The molecule has 0 aromatic heterocycles.